The van der Waals surface area contributed by atoms with E-state index in [0.717, 1.165) is 15.9 Å². The Hall–Kier alpha value is -0.190. The molecule has 0 aliphatic carbocycles. The maximum absolute atomic E-state index is 12.4. The van der Waals surface area contributed by atoms with Gasteiger partial charge in [-0.3, -0.25) is 4.21 Å². The summed E-state index contributed by atoms with van der Waals surface area (Å²) in [4.78, 5) is 0.991. The molecule has 1 N–H and O–H groups in total. The number of nitrogens with one attached hydrogen (secondary N) is 1. The van der Waals surface area contributed by atoms with Crippen molar-refractivity contribution in [1.82, 2.24) is 5.32 Å². The lowest BCUT2D eigenvalue weighted by atomic mass is 9.91. The van der Waals surface area contributed by atoms with E-state index in [1.807, 2.05) is 12.1 Å². The third kappa shape index (κ3) is 2.35. The van der Waals surface area contributed by atoms with E-state index in [1.165, 1.54) is 5.56 Å². The minimum atomic E-state index is -0.883. The molecule has 1 aliphatic heterocycles. The second-order valence-corrected chi connectivity index (χ2v) is 7.27. The largest absolute Gasteiger partial charge is 0.310 e. The molecule has 0 bridgehead atoms. The number of hydrogen-bond acceptors (Lipinski definition) is 2. The Morgan fingerprint density at radius 3 is 2.76 bits per heavy atom. The summed E-state index contributed by atoms with van der Waals surface area (Å²) in [5.74, 6) is 0.387. The molecular weight excluding hydrogens is 298 g/mol. The molecule has 0 amide bonds. The van der Waals surface area contributed by atoms with E-state index < -0.39 is 10.8 Å². The number of hydrogen-bond donors (Lipinski definition) is 1. The van der Waals surface area contributed by atoms with Gasteiger partial charge in [-0.15, -0.1) is 0 Å². The smallest absolute Gasteiger partial charge is 0.0564 e. The zero-order valence-corrected chi connectivity index (χ0v) is 12.8. The molecule has 0 radical (unpaired) electrons. The topological polar surface area (TPSA) is 29.1 Å². The maximum atomic E-state index is 12.4. The van der Waals surface area contributed by atoms with E-state index in [2.05, 4.69) is 48.1 Å². The van der Waals surface area contributed by atoms with Gasteiger partial charge in [-0.05, 0) is 36.2 Å². The number of halogens is 1. The van der Waals surface area contributed by atoms with Gasteiger partial charge in [0.05, 0.1) is 10.8 Å². The van der Waals surface area contributed by atoms with Crippen LogP contribution in [-0.4, -0.2) is 16.0 Å². The fourth-order valence-corrected chi connectivity index (χ4v) is 4.36. The predicted molar refractivity (Wildman–Crippen MR) is 75.6 cm³/mol. The first-order chi connectivity index (χ1) is 8.06. The number of fused-ring (bicyclic) bond motifs is 1. The SMILES string of the molecule is CCNC1c2cc(Br)ccc2S(=O)C(C)C1C. The molecule has 1 aromatic rings. The molecule has 2 rings (SSSR count). The quantitative estimate of drug-likeness (QED) is 0.907. The summed E-state index contributed by atoms with van der Waals surface area (Å²) >= 11 is 3.50. The average molecular weight is 316 g/mol. The van der Waals surface area contributed by atoms with Gasteiger partial charge in [0.1, 0.15) is 0 Å². The fourth-order valence-electron chi connectivity index (χ4n) is 2.41. The van der Waals surface area contributed by atoms with Gasteiger partial charge in [0.15, 0.2) is 0 Å². The van der Waals surface area contributed by atoms with Crippen molar-refractivity contribution >= 4 is 26.7 Å². The van der Waals surface area contributed by atoms with Crippen molar-refractivity contribution in [2.24, 2.45) is 5.92 Å². The van der Waals surface area contributed by atoms with E-state index in [-0.39, 0.29) is 5.25 Å². The molecule has 17 heavy (non-hydrogen) atoms. The van der Waals surface area contributed by atoms with Crippen molar-refractivity contribution in [2.75, 3.05) is 6.54 Å². The molecule has 1 aliphatic rings. The molecule has 1 aromatic carbocycles. The Morgan fingerprint density at radius 1 is 1.41 bits per heavy atom. The molecule has 0 spiro atoms. The molecule has 94 valence electrons. The molecular formula is C13H18BrNOS. The van der Waals surface area contributed by atoms with E-state index in [9.17, 15) is 4.21 Å². The van der Waals surface area contributed by atoms with Gasteiger partial charge in [0, 0.05) is 20.7 Å². The van der Waals surface area contributed by atoms with Gasteiger partial charge in [-0.25, -0.2) is 0 Å². The van der Waals surface area contributed by atoms with E-state index in [4.69, 9.17) is 0 Å². The maximum Gasteiger partial charge on any atom is 0.0564 e. The van der Waals surface area contributed by atoms with Crippen LogP contribution in [0.1, 0.15) is 32.4 Å². The monoisotopic (exact) mass is 315 g/mol. The summed E-state index contributed by atoms with van der Waals surface area (Å²) in [6.45, 7) is 7.30. The van der Waals surface area contributed by atoms with Crippen molar-refractivity contribution < 1.29 is 4.21 Å². The highest BCUT2D eigenvalue weighted by molar-refractivity contribution is 9.10. The molecule has 4 unspecified atom stereocenters. The van der Waals surface area contributed by atoms with Crippen molar-refractivity contribution in [2.45, 2.75) is 37.0 Å². The average Bonchev–Trinajstić information content (AvgIpc) is 2.32. The Morgan fingerprint density at radius 2 is 2.12 bits per heavy atom. The lowest BCUT2D eigenvalue weighted by Crippen LogP contribution is -2.39. The zero-order valence-electron chi connectivity index (χ0n) is 10.4. The van der Waals surface area contributed by atoms with Gasteiger partial charge in [-0.2, -0.15) is 0 Å². The van der Waals surface area contributed by atoms with Crippen molar-refractivity contribution in [1.29, 1.82) is 0 Å². The Balaban J connectivity index is 2.52. The van der Waals surface area contributed by atoms with Crippen LogP contribution in [0, 0.1) is 5.92 Å². The van der Waals surface area contributed by atoms with Crippen LogP contribution in [0.15, 0.2) is 27.6 Å². The standard InChI is InChI=1S/C13H18BrNOS/c1-4-15-13-8(2)9(3)17(16)12-6-5-10(14)7-11(12)13/h5-9,13,15H,4H2,1-3H3. The lowest BCUT2D eigenvalue weighted by molar-refractivity contribution is 0.373. The highest BCUT2D eigenvalue weighted by Crippen LogP contribution is 2.39. The van der Waals surface area contributed by atoms with Gasteiger partial charge in [0.2, 0.25) is 0 Å². The van der Waals surface area contributed by atoms with Crippen LogP contribution in [-0.2, 0) is 10.8 Å². The summed E-state index contributed by atoms with van der Waals surface area (Å²) in [5.41, 5.74) is 1.19. The molecule has 4 atom stereocenters. The van der Waals surface area contributed by atoms with Crippen LogP contribution in [0.25, 0.3) is 0 Å². The summed E-state index contributed by atoms with van der Waals surface area (Å²) in [5, 5.41) is 3.71. The van der Waals surface area contributed by atoms with Crippen LogP contribution < -0.4 is 5.32 Å². The Bertz CT molecular complexity index is 449. The predicted octanol–water partition coefficient (Wildman–Crippen LogP) is 3.25. The molecule has 0 aromatic heterocycles. The van der Waals surface area contributed by atoms with Gasteiger partial charge >= 0.3 is 0 Å². The summed E-state index contributed by atoms with van der Waals surface area (Å²) in [6.07, 6.45) is 0. The van der Waals surface area contributed by atoms with Gasteiger partial charge in [0.25, 0.3) is 0 Å². The van der Waals surface area contributed by atoms with Crippen LogP contribution in [0.5, 0.6) is 0 Å². The van der Waals surface area contributed by atoms with Crippen LogP contribution >= 0.6 is 15.9 Å². The summed E-state index contributed by atoms with van der Waals surface area (Å²) < 4.78 is 13.4. The summed E-state index contributed by atoms with van der Waals surface area (Å²) in [6, 6.07) is 6.37. The highest BCUT2D eigenvalue weighted by atomic mass is 79.9. The van der Waals surface area contributed by atoms with Crippen molar-refractivity contribution in [3.8, 4) is 0 Å². The first kappa shape index (κ1) is 13.2. The van der Waals surface area contributed by atoms with Gasteiger partial charge in [-0.1, -0.05) is 36.7 Å². The van der Waals surface area contributed by atoms with E-state index >= 15 is 0 Å². The first-order valence-electron chi connectivity index (χ1n) is 5.99. The summed E-state index contributed by atoms with van der Waals surface area (Å²) in [7, 11) is -0.883. The Labute approximate surface area is 114 Å². The molecule has 1 heterocycles. The van der Waals surface area contributed by atoms with E-state index in [0.29, 0.717) is 12.0 Å². The van der Waals surface area contributed by atoms with Crippen molar-refractivity contribution in [3.05, 3.63) is 28.2 Å². The first-order valence-corrected chi connectivity index (χ1v) is 8.00. The Kier molecular flexibility index (Phi) is 4.06. The minimum absolute atomic E-state index is 0.202. The molecule has 2 nitrogen and oxygen atoms in total. The van der Waals surface area contributed by atoms with Crippen LogP contribution in [0.2, 0.25) is 0 Å². The molecule has 4 heteroatoms. The highest BCUT2D eigenvalue weighted by Gasteiger charge is 2.35. The van der Waals surface area contributed by atoms with Crippen LogP contribution in [0.4, 0.5) is 0 Å². The minimum Gasteiger partial charge on any atom is -0.310 e. The normalized spacial score (nSPS) is 32.2. The van der Waals surface area contributed by atoms with Crippen molar-refractivity contribution in [3.63, 3.8) is 0 Å². The number of rotatable bonds is 2. The van der Waals surface area contributed by atoms with E-state index in [1.54, 1.807) is 0 Å². The zero-order chi connectivity index (χ0) is 12.6. The molecule has 0 saturated heterocycles. The second kappa shape index (κ2) is 5.21. The molecule has 0 saturated carbocycles. The third-order valence-electron chi connectivity index (χ3n) is 3.55. The second-order valence-electron chi connectivity index (χ2n) is 4.58. The third-order valence-corrected chi connectivity index (χ3v) is 5.95. The fraction of sp³-hybridized carbons (Fsp3) is 0.538. The van der Waals surface area contributed by atoms with Gasteiger partial charge < -0.3 is 5.32 Å². The number of benzene rings is 1. The van der Waals surface area contributed by atoms with Crippen LogP contribution in [0.3, 0.4) is 0 Å². The molecule has 0 fully saturated rings. The lowest BCUT2D eigenvalue weighted by Gasteiger charge is -2.36.